The Balaban J connectivity index is 4.63. The van der Waals surface area contributed by atoms with E-state index in [0.717, 1.165) is 0 Å². The Morgan fingerprint density at radius 1 is 1.21 bits per heavy atom. The monoisotopic (exact) mass is 241 g/mol. The first-order chi connectivity index (χ1) is 6.51. The first kappa shape index (κ1) is 14.1. The van der Waals surface area contributed by atoms with E-state index in [1.807, 2.05) is 0 Å². The topological polar surface area (TPSA) is 52.6 Å². The highest BCUT2D eigenvalue weighted by atomic mass is 35.5. The minimum absolute atomic E-state index is 0.184. The van der Waals surface area contributed by atoms with Gasteiger partial charge in [0.15, 0.2) is 5.78 Å². The zero-order valence-electron chi connectivity index (χ0n) is 8.58. The summed E-state index contributed by atoms with van der Waals surface area (Å²) in [7, 11) is -3.55. The molecule has 0 rings (SSSR count). The molecule has 0 heterocycles. The van der Waals surface area contributed by atoms with Crippen molar-refractivity contribution in [1.29, 1.82) is 0 Å². The Kier molecular flexibility index (Phi) is 6.62. The molecule has 0 aliphatic rings. The van der Waals surface area contributed by atoms with Crippen LogP contribution in [0.5, 0.6) is 0 Å². The Morgan fingerprint density at radius 3 is 1.93 bits per heavy atom. The zero-order valence-corrected chi connectivity index (χ0v) is 10.2. The molecule has 1 radical (unpaired) electrons. The van der Waals surface area contributed by atoms with Crippen LogP contribution in [0.15, 0.2) is 0 Å². The van der Waals surface area contributed by atoms with Gasteiger partial charge in [-0.3, -0.25) is 9.36 Å². The lowest BCUT2D eigenvalue weighted by Crippen LogP contribution is -2.10. The smallest absolute Gasteiger partial charge is 0.307 e. The second kappa shape index (κ2) is 6.57. The molecule has 0 aliphatic heterocycles. The largest absolute Gasteiger partial charge is 0.362 e. The van der Waals surface area contributed by atoms with Crippen molar-refractivity contribution >= 4 is 25.0 Å². The SMILES string of the molecule is CCOP(=O)(OCC)[C](Cl)C(=O)CC. The number of carbonyl (C=O) groups is 1. The zero-order chi connectivity index (χ0) is 11.2. The van der Waals surface area contributed by atoms with Crippen molar-refractivity contribution in [3.63, 3.8) is 0 Å². The average Bonchev–Trinajstić information content (AvgIpc) is 2.16. The minimum atomic E-state index is -3.55. The number of Topliss-reactive ketones (excluding diaryl/α,β-unsaturated/α-hetero) is 1. The van der Waals surface area contributed by atoms with E-state index in [1.165, 1.54) is 0 Å². The Morgan fingerprint density at radius 2 is 1.64 bits per heavy atom. The number of rotatable bonds is 7. The normalized spacial score (nSPS) is 12.1. The predicted molar refractivity (Wildman–Crippen MR) is 55.3 cm³/mol. The van der Waals surface area contributed by atoms with Gasteiger partial charge in [0, 0.05) is 6.42 Å². The highest BCUT2D eigenvalue weighted by Crippen LogP contribution is 2.60. The van der Waals surface area contributed by atoms with Gasteiger partial charge in [0.1, 0.15) is 0 Å². The number of hydrogen-bond acceptors (Lipinski definition) is 4. The van der Waals surface area contributed by atoms with E-state index in [2.05, 4.69) is 0 Å². The van der Waals surface area contributed by atoms with Gasteiger partial charge in [-0.05, 0) is 13.8 Å². The molecule has 0 aliphatic carbocycles. The summed E-state index contributed by atoms with van der Waals surface area (Å²) in [6, 6.07) is 0. The van der Waals surface area contributed by atoms with Crippen LogP contribution in [-0.4, -0.2) is 19.0 Å². The van der Waals surface area contributed by atoms with Crippen LogP contribution in [0.25, 0.3) is 0 Å². The van der Waals surface area contributed by atoms with E-state index in [9.17, 15) is 9.36 Å². The second-order valence-electron chi connectivity index (χ2n) is 2.40. The first-order valence-electron chi connectivity index (χ1n) is 4.47. The molecule has 6 heteroatoms. The maximum absolute atomic E-state index is 11.9. The highest BCUT2D eigenvalue weighted by molar-refractivity contribution is 7.61. The number of ketones is 1. The summed E-state index contributed by atoms with van der Waals surface area (Å²) in [6.07, 6.45) is 0.184. The van der Waals surface area contributed by atoms with Gasteiger partial charge in [-0.1, -0.05) is 18.5 Å². The molecule has 0 atom stereocenters. The van der Waals surface area contributed by atoms with E-state index in [4.69, 9.17) is 20.6 Å². The van der Waals surface area contributed by atoms with Gasteiger partial charge in [-0.15, -0.1) is 0 Å². The molecule has 0 unspecified atom stereocenters. The van der Waals surface area contributed by atoms with Crippen molar-refractivity contribution < 1.29 is 18.4 Å². The fourth-order valence-corrected chi connectivity index (χ4v) is 2.66. The van der Waals surface area contributed by atoms with Crippen molar-refractivity contribution in [3.05, 3.63) is 5.12 Å². The summed E-state index contributed by atoms with van der Waals surface area (Å²) in [5.41, 5.74) is 0. The molecule has 0 spiro atoms. The molecule has 0 saturated heterocycles. The number of carbonyl (C=O) groups excluding carboxylic acids is 1. The predicted octanol–water partition coefficient (Wildman–Crippen LogP) is 2.96. The summed E-state index contributed by atoms with van der Waals surface area (Å²) >= 11 is 5.65. The quantitative estimate of drug-likeness (QED) is 0.643. The molecule has 4 nitrogen and oxygen atoms in total. The number of halogens is 1. The third kappa shape index (κ3) is 3.70. The van der Waals surface area contributed by atoms with E-state index in [-0.39, 0.29) is 24.8 Å². The minimum Gasteiger partial charge on any atom is -0.307 e. The van der Waals surface area contributed by atoms with Gasteiger partial charge in [-0.2, -0.15) is 0 Å². The maximum Gasteiger partial charge on any atom is 0.362 e. The van der Waals surface area contributed by atoms with Gasteiger partial charge in [-0.25, -0.2) is 0 Å². The van der Waals surface area contributed by atoms with Crippen molar-refractivity contribution in [3.8, 4) is 0 Å². The van der Waals surface area contributed by atoms with Crippen LogP contribution in [0.4, 0.5) is 0 Å². The molecular formula is C8H15ClO4P. The Hall–Kier alpha value is 0.110. The molecule has 14 heavy (non-hydrogen) atoms. The van der Waals surface area contributed by atoms with E-state index in [1.54, 1.807) is 20.8 Å². The Labute approximate surface area is 89.4 Å². The molecule has 0 aromatic rings. The molecule has 0 bridgehead atoms. The number of hydrogen-bond donors (Lipinski definition) is 0. The van der Waals surface area contributed by atoms with Gasteiger partial charge in [0.2, 0.25) is 5.12 Å². The molecule has 0 aromatic heterocycles. The molecule has 0 N–H and O–H groups in total. The molecule has 0 fully saturated rings. The third-order valence-electron chi connectivity index (χ3n) is 1.39. The van der Waals surface area contributed by atoms with Crippen molar-refractivity contribution in [2.75, 3.05) is 13.2 Å². The Bertz CT molecular complexity index is 221. The maximum atomic E-state index is 11.9. The lowest BCUT2D eigenvalue weighted by Gasteiger charge is -2.19. The fourth-order valence-electron chi connectivity index (χ4n) is 0.789. The van der Waals surface area contributed by atoms with Crippen molar-refractivity contribution in [2.45, 2.75) is 27.2 Å². The van der Waals surface area contributed by atoms with Gasteiger partial charge in [0.05, 0.1) is 13.2 Å². The van der Waals surface area contributed by atoms with E-state index >= 15 is 0 Å². The lowest BCUT2D eigenvalue weighted by molar-refractivity contribution is -0.115. The first-order valence-corrected chi connectivity index (χ1v) is 6.39. The van der Waals surface area contributed by atoms with E-state index in [0.29, 0.717) is 0 Å². The van der Waals surface area contributed by atoms with Crippen molar-refractivity contribution in [2.24, 2.45) is 0 Å². The molecule has 83 valence electrons. The van der Waals surface area contributed by atoms with Gasteiger partial charge >= 0.3 is 7.60 Å². The van der Waals surface area contributed by atoms with Gasteiger partial charge < -0.3 is 9.05 Å². The summed E-state index contributed by atoms with van der Waals surface area (Å²) < 4.78 is 21.7. The van der Waals surface area contributed by atoms with Crippen LogP contribution < -0.4 is 0 Å². The van der Waals surface area contributed by atoms with Crippen LogP contribution in [0, 0.1) is 5.12 Å². The summed E-state index contributed by atoms with van der Waals surface area (Å²) in [4.78, 5) is 11.2. The van der Waals surface area contributed by atoms with Crippen LogP contribution >= 0.6 is 19.2 Å². The molecule has 0 aromatic carbocycles. The molecule has 0 amide bonds. The van der Waals surface area contributed by atoms with Crippen LogP contribution in [0.3, 0.4) is 0 Å². The summed E-state index contributed by atoms with van der Waals surface area (Å²) in [5.74, 6) is -0.406. The fraction of sp³-hybridized carbons (Fsp3) is 0.750. The van der Waals surface area contributed by atoms with Crippen LogP contribution in [0.1, 0.15) is 27.2 Å². The van der Waals surface area contributed by atoms with E-state index < -0.39 is 13.4 Å². The average molecular weight is 242 g/mol. The standard InChI is InChI=1S/C8H15ClO4P/c1-4-7(10)8(9)14(11,12-5-2)13-6-3/h4-6H2,1-3H3. The summed E-state index contributed by atoms with van der Waals surface area (Å²) in [5, 5.41) is -0.330. The van der Waals surface area contributed by atoms with Gasteiger partial charge in [0.25, 0.3) is 0 Å². The highest BCUT2D eigenvalue weighted by Gasteiger charge is 2.39. The third-order valence-corrected chi connectivity index (χ3v) is 4.15. The molecular weight excluding hydrogens is 227 g/mol. The second-order valence-corrected chi connectivity index (χ2v) is 5.00. The molecule has 0 saturated carbocycles. The van der Waals surface area contributed by atoms with Crippen molar-refractivity contribution in [1.82, 2.24) is 0 Å². The lowest BCUT2D eigenvalue weighted by atomic mass is 10.3. The van der Waals surface area contributed by atoms with Crippen LogP contribution in [-0.2, 0) is 18.4 Å². The summed E-state index contributed by atoms with van der Waals surface area (Å²) in [6.45, 7) is 5.32. The van der Waals surface area contributed by atoms with Crippen LogP contribution in [0.2, 0.25) is 0 Å².